The molecule has 2 heteroatoms. The molecule has 0 saturated heterocycles. The lowest BCUT2D eigenvalue weighted by molar-refractivity contribution is 0.0979. The van der Waals surface area contributed by atoms with Crippen LogP contribution in [0.4, 0.5) is 0 Å². The van der Waals surface area contributed by atoms with Crippen molar-refractivity contribution in [2.45, 2.75) is 12.3 Å². The first-order chi connectivity index (χ1) is 9.74. The van der Waals surface area contributed by atoms with E-state index in [-0.39, 0.29) is 11.7 Å². The molecule has 0 aliphatic rings. The number of rotatable bonds is 5. The maximum Gasteiger partial charge on any atom is 0.164 e. The highest BCUT2D eigenvalue weighted by Crippen LogP contribution is 2.21. The summed E-state index contributed by atoms with van der Waals surface area (Å²) in [5, 5.41) is 0. The van der Waals surface area contributed by atoms with Crippen molar-refractivity contribution < 1.29 is 9.53 Å². The maximum atomic E-state index is 12.3. The number of Topliss-reactive ketones (excluding diaryl/α,β-unsaturated/α-hetero) is 1. The number of carbonyl (C=O) groups excluding carboxylic acids is 1. The standard InChI is InChI=1S/C18H16O2/c1-3-14(15-7-5-4-6-8-15)13-18(19)16-9-11-17(20-2)12-10-16/h1,4-12,14H,13H2,2H3/t14-/m0/s1. The van der Waals surface area contributed by atoms with Crippen LogP contribution in [0.3, 0.4) is 0 Å². The van der Waals surface area contributed by atoms with Gasteiger partial charge in [0.25, 0.3) is 0 Å². The molecular weight excluding hydrogens is 248 g/mol. The van der Waals surface area contributed by atoms with Crippen molar-refractivity contribution in [3.63, 3.8) is 0 Å². The van der Waals surface area contributed by atoms with Crippen molar-refractivity contribution >= 4 is 5.78 Å². The molecule has 0 saturated carbocycles. The molecule has 0 aliphatic carbocycles. The van der Waals surface area contributed by atoms with Crippen LogP contribution in [0.1, 0.15) is 28.3 Å². The molecule has 0 unspecified atom stereocenters. The molecule has 0 amide bonds. The fourth-order valence-electron chi connectivity index (χ4n) is 2.04. The summed E-state index contributed by atoms with van der Waals surface area (Å²) in [7, 11) is 1.60. The van der Waals surface area contributed by atoms with Crippen molar-refractivity contribution in [2.75, 3.05) is 7.11 Å². The van der Waals surface area contributed by atoms with Gasteiger partial charge < -0.3 is 4.74 Å². The minimum atomic E-state index is -0.189. The molecule has 2 aromatic carbocycles. The molecule has 0 spiro atoms. The highest BCUT2D eigenvalue weighted by molar-refractivity contribution is 5.96. The van der Waals surface area contributed by atoms with Gasteiger partial charge in [-0.2, -0.15) is 0 Å². The summed E-state index contributed by atoms with van der Waals surface area (Å²) < 4.78 is 5.08. The lowest BCUT2D eigenvalue weighted by atomic mass is 9.92. The Kier molecular flexibility index (Phi) is 4.57. The van der Waals surface area contributed by atoms with Gasteiger partial charge >= 0.3 is 0 Å². The summed E-state index contributed by atoms with van der Waals surface area (Å²) >= 11 is 0. The number of methoxy groups -OCH3 is 1. The van der Waals surface area contributed by atoms with Gasteiger partial charge in [-0.3, -0.25) is 4.79 Å². The van der Waals surface area contributed by atoms with Crippen LogP contribution in [0, 0.1) is 12.3 Å². The smallest absolute Gasteiger partial charge is 0.164 e. The van der Waals surface area contributed by atoms with Crippen LogP contribution in [0.15, 0.2) is 54.6 Å². The van der Waals surface area contributed by atoms with Crippen molar-refractivity contribution in [2.24, 2.45) is 0 Å². The molecule has 20 heavy (non-hydrogen) atoms. The Hall–Kier alpha value is -2.53. The molecule has 0 N–H and O–H groups in total. The van der Waals surface area contributed by atoms with Gasteiger partial charge in [0.05, 0.1) is 13.0 Å². The number of hydrogen-bond donors (Lipinski definition) is 0. The average molecular weight is 264 g/mol. The third kappa shape index (κ3) is 3.27. The van der Waals surface area contributed by atoms with E-state index >= 15 is 0 Å². The fourth-order valence-corrected chi connectivity index (χ4v) is 2.04. The van der Waals surface area contributed by atoms with E-state index < -0.39 is 0 Å². The quantitative estimate of drug-likeness (QED) is 0.608. The highest BCUT2D eigenvalue weighted by atomic mass is 16.5. The number of carbonyl (C=O) groups is 1. The molecular formula is C18H16O2. The lowest BCUT2D eigenvalue weighted by Crippen LogP contribution is -2.06. The average Bonchev–Trinajstić information content (AvgIpc) is 2.53. The molecule has 2 aromatic rings. The monoisotopic (exact) mass is 264 g/mol. The van der Waals surface area contributed by atoms with E-state index in [1.54, 1.807) is 31.4 Å². The Bertz CT molecular complexity index is 606. The maximum absolute atomic E-state index is 12.3. The van der Waals surface area contributed by atoms with Crippen molar-refractivity contribution in [3.8, 4) is 18.1 Å². The predicted molar refractivity (Wildman–Crippen MR) is 80.0 cm³/mol. The van der Waals surface area contributed by atoms with Crippen molar-refractivity contribution in [1.82, 2.24) is 0 Å². The lowest BCUT2D eigenvalue weighted by Gasteiger charge is -2.10. The van der Waals surface area contributed by atoms with Gasteiger partial charge in [-0.05, 0) is 29.8 Å². The number of hydrogen-bond acceptors (Lipinski definition) is 2. The van der Waals surface area contributed by atoms with Gasteiger partial charge in [-0.1, -0.05) is 36.3 Å². The predicted octanol–water partition coefficient (Wildman–Crippen LogP) is 3.69. The van der Waals surface area contributed by atoms with Crippen molar-refractivity contribution in [3.05, 3.63) is 65.7 Å². The molecule has 0 aliphatic heterocycles. The molecule has 0 heterocycles. The van der Waals surface area contributed by atoms with Crippen LogP contribution in [-0.4, -0.2) is 12.9 Å². The Labute approximate surface area is 119 Å². The van der Waals surface area contributed by atoms with Crippen LogP contribution < -0.4 is 4.74 Å². The first-order valence-electron chi connectivity index (χ1n) is 6.43. The third-order valence-electron chi connectivity index (χ3n) is 3.20. The minimum absolute atomic E-state index is 0.0412. The third-order valence-corrected chi connectivity index (χ3v) is 3.20. The van der Waals surface area contributed by atoms with Gasteiger partial charge in [-0.15, -0.1) is 6.42 Å². The summed E-state index contributed by atoms with van der Waals surface area (Å²) in [6.07, 6.45) is 5.87. The summed E-state index contributed by atoms with van der Waals surface area (Å²) in [6.45, 7) is 0. The highest BCUT2D eigenvalue weighted by Gasteiger charge is 2.15. The number of ketones is 1. The topological polar surface area (TPSA) is 26.3 Å². The van der Waals surface area contributed by atoms with E-state index in [4.69, 9.17) is 11.2 Å². The molecule has 0 bridgehead atoms. The minimum Gasteiger partial charge on any atom is -0.497 e. The molecule has 0 fully saturated rings. The van der Waals surface area contributed by atoms with Crippen molar-refractivity contribution in [1.29, 1.82) is 0 Å². The van der Waals surface area contributed by atoms with Gasteiger partial charge in [0.1, 0.15) is 5.75 Å². The van der Waals surface area contributed by atoms with E-state index in [1.807, 2.05) is 30.3 Å². The Balaban J connectivity index is 2.11. The van der Waals surface area contributed by atoms with Gasteiger partial charge in [0.15, 0.2) is 5.78 Å². The molecule has 2 nitrogen and oxygen atoms in total. The normalized spacial score (nSPS) is 11.4. The van der Waals surface area contributed by atoms with Gasteiger partial charge in [-0.25, -0.2) is 0 Å². The van der Waals surface area contributed by atoms with E-state index in [0.717, 1.165) is 11.3 Å². The SMILES string of the molecule is C#C[C@@H](CC(=O)c1ccc(OC)cc1)c1ccccc1. The second kappa shape index (κ2) is 6.58. The second-order valence-corrected chi connectivity index (χ2v) is 4.49. The van der Waals surface area contributed by atoms with Gasteiger partial charge in [0, 0.05) is 12.0 Å². The zero-order valence-electron chi connectivity index (χ0n) is 11.4. The molecule has 1 atom stereocenters. The summed E-state index contributed by atoms with van der Waals surface area (Å²) in [6, 6.07) is 16.8. The van der Waals surface area contributed by atoms with Crippen LogP contribution in [0.2, 0.25) is 0 Å². The zero-order valence-corrected chi connectivity index (χ0v) is 11.4. The number of terminal acetylenes is 1. The Morgan fingerprint density at radius 1 is 1.15 bits per heavy atom. The molecule has 100 valence electrons. The van der Waals surface area contributed by atoms with Crippen LogP contribution in [0.5, 0.6) is 5.75 Å². The zero-order chi connectivity index (χ0) is 14.4. The Morgan fingerprint density at radius 2 is 1.80 bits per heavy atom. The van der Waals surface area contributed by atoms with E-state index in [1.165, 1.54) is 0 Å². The van der Waals surface area contributed by atoms with Crippen LogP contribution in [-0.2, 0) is 0 Å². The number of ether oxygens (including phenoxy) is 1. The summed E-state index contributed by atoms with van der Waals surface area (Å²) in [5.74, 6) is 3.28. The van der Waals surface area contributed by atoms with E-state index in [2.05, 4.69) is 5.92 Å². The molecule has 0 aromatic heterocycles. The van der Waals surface area contributed by atoms with Gasteiger partial charge in [0.2, 0.25) is 0 Å². The first-order valence-corrected chi connectivity index (χ1v) is 6.43. The fraction of sp³-hybridized carbons (Fsp3) is 0.167. The van der Waals surface area contributed by atoms with Crippen LogP contribution in [0.25, 0.3) is 0 Å². The largest absolute Gasteiger partial charge is 0.497 e. The molecule has 2 rings (SSSR count). The van der Waals surface area contributed by atoms with Crippen LogP contribution >= 0.6 is 0 Å². The summed E-state index contributed by atoms with van der Waals surface area (Å²) in [5.41, 5.74) is 1.65. The number of benzene rings is 2. The second-order valence-electron chi connectivity index (χ2n) is 4.49. The Morgan fingerprint density at radius 3 is 2.35 bits per heavy atom. The summed E-state index contributed by atoms with van der Waals surface area (Å²) in [4.78, 5) is 12.3. The van der Waals surface area contributed by atoms with E-state index in [9.17, 15) is 4.79 Å². The first kappa shape index (κ1) is 13.9. The molecule has 0 radical (unpaired) electrons. The van der Waals surface area contributed by atoms with E-state index in [0.29, 0.717) is 12.0 Å².